The van der Waals surface area contributed by atoms with Crippen molar-refractivity contribution < 1.29 is 43.0 Å². The van der Waals surface area contributed by atoms with Crippen molar-refractivity contribution in [3.63, 3.8) is 0 Å². The van der Waals surface area contributed by atoms with Gasteiger partial charge in [0.05, 0.1) is 14.2 Å². The van der Waals surface area contributed by atoms with Crippen LogP contribution in [0, 0.1) is 11.8 Å². The molecule has 2 aromatic rings. The van der Waals surface area contributed by atoms with Crippen LogP contribution in [0.4, 0.5) is 0 Å². The molecule has 2 aliphatic heterocycles. The zero-order chi connectivity index (χ0) is 37.6. The van der Waals surface area contributed by atoms with Crippen molar-refractivity contribution in [2.45, 2.75) is 76.6 Å². The van der Waals surface area contributed by atoms with Crippen LogP contribution in [0.3, 0.4) is 0 Å². The van der Waals surface area contributed by atoms with Gasteiger partial charge in [0.15, 0.2) is 0 Å². The second kappa shape index (κ2) is 20.3. The highest BCUT2D eigenvalue weighted by atomic mass is 33.1. The van der Waals surface area contributed by atoms with E-state index in [1.54, 1.807) is 9.80 Å². The number of carbonyl (C=O) groups is 6. The third kappa shape index (κ3) is 11.2. The van der Waals surface area contributed by atoms with Crippen molar-refractivity contribution in [3.8, 4) is 0 Å². The molecule has 2 fully saturated rings. The smallest absolute Gasteiger partial charge is 0.347 e. The Labute approximate surface area is 313 Å². The molecular weight excluding hydrogens is 707 g/mol. The second-order valence-corrected chi connectivity index (χ2v) is 15.7. The van der Waals surface area contributed by atoms with Gasteiger partial charge in [-0.15, -0.1) is 0 Å². The Balaban J connectivity index is 1.23. The molecule has 282 valence electrons. The number of ether oxygens (including phenoxy) is 3. The molecule has 12 nitrogen and oxygen atoms in total. The summed E-state index contributed by atoms with van der Waals surface area (Å²) < 4.78 is 15.4. The standard InChI is InChI=1S/C38H49N3O9S2/c1-25(34(43)40-19-11-17-30(40)33(42)39-29(36(45)48-3)21-27-13-7-5-8-14-27)23-51-52-24-26(2)35(44)41-20-12-18-31(41)37(46)50-32(38(47)49-4)22-28-15-9-6-10-16-28/h5-10,13-16,25-26,29-32H,11-12,17-24H2,1-4H3,(H,39,42)/t25-,26-,29+,30+,31+,32+/m1/s1. The maximum atomic E-state index is 13.5. The highest BCUT2D eigenvalue weighted by Gasteiger charge is 2.40. The summed E-state index contributed by atoms with van der Waals surface area (Å²) in [6.07, 6.45) is 1.61. The van der Waals surface area contributed by atoms with Gasteiger partial charge in [0.1, 0.15) is 18.1 Å². The minimum Gasteiger partial charge on any atom is -0.467 e. The van der Waals surface area contributed by atoms with Crippen LogP contribution < -0.4 is 5.32 Å². The van der Waals surface area contributed by atoms with E-state index in [1.165, 1.54) is 35.8 Å². The van der Waals surface area contributed by atoms with Crippen LogP contribution in [-0.4, -0.2) is 108 Å². The van der Waals surface area contributed by atoms with Gasteiger partial charge in [-0.05, 0) is 36.8 Å². The molecule has 0 radical (unpaired) electrons. The summed E-state index contributed by atoms with van der Waals surface area (Å²) in [5, 5.41) is 2.81. The summed E-state index contributed by atoms with van der Waals surface area (Å²) in [7, 11) is 5.48. The van der Waals surface area contributed by atoms with E-state index in [0.29, 0.717) is 50.3 Å². The normalized spacial score (nSPS) is 19.2. The maximum Gasteiger partial charge on any atom is 0.347 e. The lowest BCUT2D eigenvalue weighted by Gasteiger charge is -2.28. The summed E-state index contributed by atoms with van der Waals surface area (Å²) in [6, 6.07) is 16.2. The lowest BCUT2D eigenvalue weighted by molar-refractivity contribution is -0.170. The summed E-state index contributed by atoms with van der Waals surface area (Å²) in [5.41, 5.74) is 1.70. The molecule has 2 saturated heterocycles. The van der Waals surface area contributed by atoms with E-state index in [2.05, 4.69) is 5.32 Å². The van der Waals surface area contributed by atoms with Crippen molar-refractivity contribution in [1.29, 1.82) is 0 Å². The van der Waals surface area contributed by atoms with Crippen molar-refractivity contribution in [2.75, 3.05) is 38.8 Å². The Morgan fingerprint density at radius 1 is 0.712 bits per heavy atom. The zero-order valence-corrected chi connectivity index (χ0v) is 31.8. The molecule has 6 atom stereocenters. The van der Waals surface area contributed by atoms with Crippen LogP contribution in [0.2, 0.25) is 0 Å². The molecule has 0 aromatic heterocycles. The monoisotopic (exact) mass is 755 g/mol. The summed E-state index contributed by atoms with van der Waals surface area (Å²) in [6.45, 7) is 4.51. The molecule has 0 saturated carbocycles. The third-order valence-corrected chi connectivity index (χ3v) is 12.0. The molecule has 52 heavy (non-hydrogen) atoms. The van der Waals surface area contributed by atoms with Crippen LogP contribution in [0.15, 0.2) is 60.7 Å². The number of nitrogens with one attached hydrogen (secondary N) is 1. The largest absolute Gasteiger partial charge is 0.467 e. The highest BCUT2D eigenvalue weighted by molar-refractivity contribution is 8.76. The molecule has 2 aliphatic rings. The molecular formula is C38H49N3O9S2. The number of amides is 3. The van der Waals surface area contributed by atoms with Gasteiger partial charge in [-0.25, -0.2) is 14.4 Å². The SMILES string of the molecule is COC(=O)[C@H](Cc1ccccc1)NC(=O)[C@@H]1CCCN1C(=O)[C@H](C)CSSC[C@@H](C)C(=O)N1CCC[C@H]1C(=O)O[C@@H](Cc1ccccc1)C(=O)OC. The van der Waals surface area contributed by atoms with E-state index in [9.17, 15) is 28.8 Å². The lowest BCUT2D eigenvalue weighted by atomic mass is 10.0. The van der Waals surface area contributed by atoms with Gasteiger partial charge in [0, 0.05) is 49.3 Å². The number of esters is 3. The minimum absolute atomic E-state index is 0.136. The fourth-order valence-electron chi connectivity index (χ4n) is 6.39. The van der Waals surface area contributed by atoms with Crippen molar-refractivity contribution in [2.24, 2.45) is 11.8 Å². The average Bonchev–Trinajstić information content (AvgIpc) is 3.86. The fourth-order valence-corrected chi connectivity index (χ4v) is 9.08. The van der Waals surface area contributed by atoms with Crippen molar-refractivity contribution in [1.82, 2.24) is 15.1 Å². The molecule has 3 amide bonds. The van der Waals surface area contributed by atoms with E-state index in [4.69, 9.17) is 14.2 Å². The molecule has 0 spiro atoms. The maximum absolute atomic E-state index is 13.5. The topological polar surface area (TPSA) is 149 Å². The highest BCUT2D eigenvalue weighted by Crippen LogP contribution is 2.30. The molecule has 2 aromatic carbocycles. The van der Waals surface area contributed by atoms with Crippen LogP contribution in [-0.2, 0) is 55.8 Å². The molecule has 2 heterocycles. The molecule has 14 heteroatoms. The summed E-state index contributed by atoms with van der Waals surface area (Å²) >= 11 is 0. The molecule has 1 N–H and O–H groups in total. The van der Waals surface area contributed by atoms with Crippen molar-refractivity contribution in [3.05, 3.63) is 71.8 Å². The Bertz CT molecular complexity index is 1420. The van der Waals surface area contributed by atoms with E-state index in [1.807, 2.05) is 74.5 Å². The number of nitrogens with zero attached hydrogens (tertiary/aromatic N) is 2. The fraction of sp³-hybridized carbons (Fsp3) is 0.526. The predicted octanol–water partition coefficient (Wildman–Crippen LogP) is 3.85. The first-order chi connectivity index (χ1) is 25.0. The van der Waals surface area contributed by atoms with Gasteiger partial charge in [-0.1, -0.05) is 96.1 Å². The minimum atomic E-state index is -1.12. The molecule has 0 aliphatic carbocycles. The van der Waals surface area contributed by atoms with Gasteiger partial charge in [-0.3, -0.25) is 14.4 Å². The average molecular weight is 756 g/mol. The first-order valence-corrected chi connectivity index (χ1v) is 20.1. The molecule has 0 unspecified atom stereocenters. The Kier molecular flexibility index (Phi) is 15.9. The molecule has 4 rings (SSSR count). The summed E-state index contributed by atoms with van der Waals surface area (Å²) in [4.78, 5) is 81.6. The number of hydrogen-bond donors (Lipinski definition) is 1. The van der Waals surface area contributed by atoms with Gasteiger partial charge in [0.25, 0.3) is 0 Å². The summed E-state index contributed by atoms with van der Waals surface area (Å²) in [5.74, 6) is -2.34. The number of rotatable bonds is 17. The quantitative estimate of drug-likeness (QED) is 0.109. The Morgan fingerprint density at radius 2 is 1.19 bits per heavy atom. The van der Waals surface area contributed by atoms with Crippen molar-refractivity contribution >= 4 is 57.2 Å². The van der Waals surface area contributed by atoms with Crippen LogP contribution in [0.25, 0.3) is 0 Å². The predicted molar refractivity (Wildman–Crippen MR) is 199 cm³/mol. The van der Waals surface area contributed by atoms with Gasteiger partial charge in [-0.2, -0.15) is 0 Å². The number of methoxy groups -OCH3 is 2. The number of carbonyl (C=O) groups excluding carboxylic acids is 6. The lowest BCUT2D eigenvalue weighted by Crippen LogP contribution is -2.52. The van der Waals surface area contributed by atoms with E-state index >= 15 is 0 Å². The van der Waals surface area contributed by atoms with Gasteiger partial charge in [0.2, 0.25) is 23.8 Å². The van der Waals surface area contributed by atoms with E-state index in [0.717, 1.165) is 11.1 Å². The number of likely N-dealkylation sites (tertiary alicyclic amines) is 2. The first-order valence-electron chi connectivity index (χ1n) is 17.6. The Hall–Kier alpha value is -4.04. The second-order valence-electron chi connectivity index (χ2n) is 13.2. The van der Waals surface area contributed by atoms with Gasteiger partial charge < -0.3 is 29.3 Å². The number of hydrogen-bond acceptors (Lipinski definition) is 11. The van der Waals surface area contributed by atoms with E-state index < -0.39 is 48.1 Å². The van der Waals surface area contributed by atoms with Crippen LogP contribution in [0.1, 0.15) is 50.7 Å². The van der Waals surface area contributed by atoms with E-state index in [-0.39, 0.29) is 36.5 Å². The first kappa shape index (κ1) is 40.7. The zero-order valence-electron chi connectivity index (χ0n) is 30.2. The third-order valence-electron chi connectivity index (χ3n) is 9.28. The molecule has 0 bridgehead atoms. The number of benzene rings is 2. The van der Waals surface area contributed by atoms with Gasteiger partial charge >= 0.3 is 17.9 Å². The van der Waals surface area contributed by atoms with Crippen LogP contribution >= 0.6 is 21.6 Å². The van der Waals surface area contributed by atoms with Crippen LogP contribution in [0.5, 0.6) is 0 Å². The Morgan fingerprint density at radius 3 is 1.71 bits per heavy atom.